The highest BCUT2D eigenvalue weighted by atomic mass is 79.9. The minimum atomic E-state index is -0.688. The van der Waals surface area contributed by atoms with E-state index in [1.54, 1.807) is 0 Å². The minimum absolute atomic E-state index is 0.251. The Hall–Kier alpha value is -1.03. The molecule has 1 heterocycles. The van der Waals surface area contributed by atoms with Gasteiger partial charge in [0.2, 0.25) is 0 Å². The molecular weight excluding hydrogens is 282 g/mol. The second kappa shape index (κ2) is 4.02. The molecule has 1 aromatic carbocycles. The monoisotopic (exact) mass is 295 g/mol. The van der Waals surface area contributed by atoms with Gasteiger partial charge in [-0.2, -0.15) is 0 Å². The van der Waals surface area contributed by atoms with E-state index in [2.05, 4.69) is 21.2 Å². The summed E-state index contributed by atoms with van der Waals surface area (Å²) in [5.74, 6) is -0.778. The average Bonchev–Trinajstić information content (AvgIpc) is 2.72. The van der Waals surface area contributed by atoms with Crippen molar-refractivity contribution in [3.8, 4) is 0 Å². The van der Waals surface area contributed by atoms with Crippen molar-refractivity contribution < 1.29 is 9.90 Å². The predicted molar refractivity (Wildman–Crippen MR) is 69.3 cm³/mol. The lowest BCUT2D eigenvalue weighted by molar-refractivity contribution is -0.140. The molecule has 1 saturated carbocycles. The van der Waals surface area contributed by atoms with Crippen molar-refractivity contribution in [2.75, 3.05) is 5.32 Å². The molecule has 0 saturated heterocycles. The van der Waals surface area contributed by atoms with Crippen LogP contribution in [0.3, 0.4) is 0 Å². The van der Waals surface area contributed by atoms with Gasteiger partial charge in [-0.25, -0.2) is 0 Å². The fraction of sp³-hybridized carbons (Fsp3) is 0.462. The van der Waals surface area contributed by atoms with Crippen molar-refractivity contribution in [3.05, 3.63) is 28.2 Å². The highest BCUT2D eigenvalue weighted by molar-refractivity contribution is 9.10. The maximum absolute atomic E-state index is 11.5. The first-order valence-corrected chi connectivity index (χ1v) is 6.75. The van der Waals surface area contributed by atoms with Crippen LogP contribution in [-0.2, 0) is 4.79 Å². The molecule has 3 unspecified atom stereocenters. The standard InChI is InChI=1S/C13H14BrNO2/c14-7-4-5-9-11(6-7)15-10-3-1-2-8(10)12(9)13(16)17/h4-6,8,10,12,15H,1-3H2,(H,16,17). The lowest BCUT2D eigenvalue weighted by Gasteiger charge is -2.35. The highest BCUT2D eigenvalue weighted by Crippen LogP contribution is 2.46. The molecule has 3 rings (SSSR count). The van der Waals surface area contributed by atoms with Gasteiger partial charge in [0.25, 0.3) is 0 Å². The Morgan fingerprint density at radius 3 is 3.00 bits per heavy atom. The largest absolute Gasteiger partial charge is 0.481 e. The van der Waals surface area contributed by atoms with E-state index in [1.165, 1.54) is 0 Å². The Morgan fingerprint density at radius 2 is 2.24 bits per heavy atom. The number of carbonyl (C=O) groups is 1. The lowest BCUT2D eigenvalue weighted by Crippen LogP contribution is -2.37. The number of hydrogen-bond acceptors (Lipinski definition) is 2. The molecule has 0 aromatic heterocycles. The third-order valence-corrected chi connectivity index (χ3v) is 4.45. The first-order valence-electron chi connectivity index (χ1n) is 5.95. The van der Waals surface area contributed by atoms with Crippen molar-refractivity contribution >= 4 is 27.6 Å². The van der Waals surface area contributed by atoms with Crippen LogP contribution in [-0.4, -0.2) is 17.1 Å². The normalized spacial score (nSPS) is 30.3. The zero-order chi connectivity index (χ0) is 12.0. The summed E-state index contributed by atoms with van der Waals surface area (Å²) in [7, 11) is 0. The van der Waals surface area contributed by atoms with Gasteiger partial charge in [0.15, 0.2) is 0 Å². The van der Waals surface area contributed by atoms with Crippen LogP contribution in [0.2, 0.25) is 0 Å². The van der Waals surface area contributed by atoms with Crippen LogP contribution in [0.5, 0.6) is 0 Å². The summed E-state index contributed by atoms with van der Waals surface area (Å²) in [5, 5.41) is 13.0. The van der Waals surface area contributed by atoms with Crippen LogP contribution < -0.4 is 5.32 Å². The van der Waals surface area contributed by atoms with Crippen LogP contribution >= 0.6 is 15.9 Å². The third kappa shape index (κ3) is 1.75. The van der Waals surface area contributed by atoms with E-state index in [0.717, 1.165) is 35.0 Å². The zero-order valence-corrected chi connectivity index (χ0v) is 10.9. The van der Waals surface area contributed by atoms with E-state index in [1.807, 2.05) is 18.2 Å². The van der Waals surface area contributed by atoms with Crippen LogP contribution in [0.25, 0.3) is 0 Å². The van der Waals surface area contributed by atoms with Crippen LogP contribution in [0.1, 0.15) is 30.7 Å². The molecule has 1 aromatic rings. The molecule has 0 bridgehead atoms. The molecule has 1 aliphatic carbocycles. The molecule has 3 atom stereocenters. The predicted octanol–water partition coefficient (Wildman–Crippen LogP) is 3.21. The third-order valence-electron chi connectivity index (χ3n) is 3.95. The molecule has 1 fully saturated rings. The van der Waals surface area contributed by atoms with Gasteiger partial charge in [-0.05, 0) is 36.5 Å². The smallest absolute Gasteiger partial charge is 0.311 e. The molecule has 3 nitrogen and oxygen atoms in total. The Morgan fingerprint density at radius 1 is 1.41 bits per heavy atom. The van der Waals surface area contributed by atoms with Gasteiger partial charge in [0.05, 0.1) is 5.92 Å². The molecule has 0 spiro atoms. The van der Waals surface area contributed by atoms with Gasteiger partial charge in [-0.1, -0.05) is 28.4 Å². The number of hydrogen-bond donors (Lipinski definition) is 2. The summed E-state index contributed by atoms with van der Waals surface area (Å²) in [6, 6.07) is 6.17. The van der Waals surface area contributed by atoms with Crippen LogP contribution in [0, 0.1) is 5.92 Å². The molecule has 1 aliphatic heterocycles. The van der Waals surface area contributed by atoms with Gasteiger partial charge in [0.1, 0.15) is 0 Å². The van der Waals surface area contributed by atoms with Gasteiger partial charge < -0.3 is 10.4 Å². The van der Waals surface area contributed by atoms with E-state index in [0.29, 0.717) is 6.04 Å². The number of anilines is 1. The molecule has 0 radical (unpaired) electrons. The summed E-state index contributed by atoms with van der Waals surface area (Å²) < 4.78 is 0.990. The van der Waals surface area contributed by atoms with Gasteiger partial charge >= 0.3 is 5.97 Å². The summed E-state index contributed by atoms with van der Waals surface area (Å²) in [5.41, 5.74) is 1.92. The molecule has 2 N–H and O–H groups in total. The average molecular weight is 296 g/mol. The Bertz CT molecular complexity index is 474. The lowest BCUT2D eigenvalue weighted by atomic mass is 9.79. The van der Waals surface area contributed by atoms with E-state index >= 15 is 0 Å². The fourth-order valence-electron chi connectivity index (χ4n) is 3.24. The van der Waals surface area contributed by atoms with Crippen molar-refractivity contribution in [3.63, 3.8) is 0 Å². The topological polar surface area (TPSA) is 49.3 Å². The molecule has 0 amide bonds. The number of nitrogens with one attached hydrogen (secondary N) is 1. The number of fused-ring (bicyclic) bond motifs is 2. The van der Waals surface area contributed by atoms with E-state index in [4.69, 9.17) is 0 Å². The number of carboxylic acids is 1. The maximum atomic E-state index is 11.5. The van der Waals surface area contributed by atoms with Gasteiger partial charge in [-0.3, -0.25) is 4.79 Å². The Labute approximate surface area is 108 Å². The quantitative estimate of drug-likeness (QED) is 0.836. The second-order valence-electron chi connectivity index (χ2n) is 4.89. The molecular formula is C13H14BrNO2. The SMILES string of the molecule is O=C(O)C1c2ccc(Br)cc2NC2CCCC21. The summed E-state index contributed by atoms with van der Waals surface area (Å²) in [4.78, 5) is 11.5. The summed E-state index contributed by atoms with van der Waals surface area (Å²) in [6.07, 6.45) is 3.23. The molecule has 2 aliphatic rings. The summed E-state index contributed by atoms with van der Waals surface area (Å²) >= 11 is 3.43. The first-order chi connectivity index (χ1) is 8.16. The Balaban J connectivity index is 2.09. The molecule has 17 heavy (non-hydrogen) atoms. The van der Waals surface area contributed by atoms with E-state index in [-0.39, 0.29) is 11.8 Å². The van der Waals surface area contributed by atoms with Crippen LogP contribution in [0.15, 0.2) is 22.7 Å². The minimum Gasteiger partial charge on any atom is -0.481 e. The zero-order valence-electron chi connectivity index (χ0n) is 9.32. The first kappa shape index (κ1) is 11.1. The maximum Gasteiger partial charge on any atom is 0.311 e. The van der Waals surface area contributed by atoms with Gasteiger partial charge in [-0.15, -0.1) is 0 Å². The number of benzene rings is 1. The summed E-state index contributed by atoms with van der Waals surface area (Å²) in [6.45, 7) is 0. The van der Waals surface area contributed by atoms with Crippen molar-refractivity contribution in [1.82, 2.24) is 0 Å². The van der Waals surface area contributed by atoms with Crippen molar-refractivity contribution in [2.45, 2.75) is 31.2 Å². The second-order valence-corrected chi connectivity index (χ2v) is 5.81. The van der Waals surface area contributed by atoms with Gasteiger partial charge in [0, 0.05) is 16.2 Å². The highest BCUT2D eigenvalue weighted by Gasteiger charge is 2.42. The van der Waals surface area contributed by atoms with E-state index in [9.17, 15) is 9.90 Å². The van der Waals surface area contributed by atoms with E-state index < -0.39 is 5.97 Å². The molecule has 90 valence electrons. The number of carboxylic acid groups (broad SMARTS) is 1. The number of aliphatic carboxylic acids is 1. The Kier molecular flexibility index (Phi) is 2.62. The number of rotatable bonds is 1. The fourth-order valence-corrected chi connectivity index (χ4v) is 3.60. The number of halogens is 1. The van der Waals surface area contributed by atoms with Crippen LogP contribution in [0.4, 0.5) is 5.69 Å². The molecule has 4 heteroatoms. The van der Waals surface area contributed by atoms with Crippen molar-refractivity contribution in [1.29, 1.82) is 0 Å². The van der Waals surface area contributed by atoms with Crippen molar-refractivity contribution in [2.24, 2.45) is 5.92 Å².